The first kappa shape index (κ1) is 18.1. The zero-order valence-corrected chi connectivity index (χ0v) is 11.7. The Morgan fingerprint density at radius 3 is 1.78 bits per heavy atom. The van der Waals surface area contributed by atoms with Crippen LogP contribution in [-0.2, 0) is 6.18 Å². The molecule has 0 aliphatic rings. The van der Waals surface area contributed by atoms with Crippen molar-refractivity contribution in [3.05, 3.63) is 37.9 Å². The second-order valence-electron chi connectivity index (χ2n) is 4.62. The van der Waals surface area contributed by atoms with Gasteiger partial charge in [-0.25, -0.2) is 4.79 Å². The lowest BCUT2D eigenvalue weighted by atomic mass is 10.1. The van der Waals surface area contributed by atoms with Crippen molar-refractivity contribution in [2.45, 2.75) is 26.1 Å². The van der Waals surface area contributed by atoms with Gasteiger partial charge in [-0.05, 0) is 13.8 Å². The first-order valence-corrected chi connectivity index (χ1v) is 5.94. The van der Waals surface area contributed by atoms with Crippen LogP contribution in [0.1, 0.15) is 19.4 Å². The maximum atomic E-state index is 12.7. The van der Waals surface area contributed by atoms with Crippen molar-refractivity contribution < 1.29 is 32.9 Å². The minimum Gasteiger partial charge on any atom is -0.465 e. The van der Waals surface area contributed by atoms with Crippen molar-refractivity contribution in [3.63, 3.8) is 0 Å². The first-order chi connectivity index (χ1) is 10.4. The second-order valence-corrected chi connectivity index (χ2v) is 4.62. The Balaban J connectivity index is 3.89. The van der Waals surface area contributed by atoms with E-state index in [-0.39, 0.29) is 17.0 Å². The summed E-state index contributed by atoms with van der Waals surface area (Å²) in [6.07, 6.45) is -6.84. The van der Waals surface area contributed by atoms with Gasteiger partial charge in [-0.2, -0.15) is 13.2 Å². The molecule has 0 saturated heterocycles. The largest absolute Gasteiger partial charge is 0.465 e. The Hall–Kier alpha value is -2.92. The quantitative estimate of drug-likeness (QED) is 0.662. The minimum absolute atomic E-state index is 0.0701. The van der Waals surface area contributed by atoms with Crippen molar-refractivity contribution in [3.8, 4) is 0 Å². The van der Waals surface area contributed by atoms with Gasteiger partial charge < -0.3 is 5.11 Å². The van der Waals surface area contributed by atoms with E-state index in [2.05, 4.69) is 0 Å². The van der Waals surface area contributed by atoms with E-state index in [1.165, 1.54) is 13.8 Å². The molecule has 0 fully saturated rings. The number of carboxylic acid groups (broad SMARTS) is 1. The van der Waals surface area contributed by atoms with E-state index in [0.717, 1.165) is 0 Å². The molecule has 126 valence electrons. The number of benzene rings is 1. The van der Waals surface area contributed by atoms with Gasteiger partial charge >= 0.3 is 23.6 Å². The molecule has 1 N–H and O–H groups in total. The van der Waals surface area contributed by atoms with Crippen LogP contribution in [0.4, 0.5) is 35.0 Å². The van der Waals surface area contributed by atoms with Crippen molar-refractivity contribution in [2.24, 2.45) is 0 Å². The molecule has 0 radical (unpaired) electrons. The fraction of sp³-hybridized carbons (Fsp3) is 0.364. The lowest BCUT2D eigenvalue weighted by Crippen LogP contribution is -2.36. The zero-order chi connectivity index (χ0) is 18.1. The van der Waals surface area contributed by atoms with E-state index in [0.29, 0.717) is 0 Å². The van der Waals surface area contributed by atoms with Crippen LogP contribution in [0.15, 0.2) is 12.1 Å². The maximum Gasteiger partial charge on any atom is 0.416 e. The Labute approximate surface area is 126 Å². The smallest absolute Gasteiger partial charge is 0.416 e. The fourth-order valence-electron chi connectivity index (χ4n) is 1.87. The third-order valence-corrected chi connectivity index (χ3v) is 2.75. The van der Waals surface area contributed by atoms with Crippen molar-refractivity contribution in [1.29, 1.82) is 0 Å². The summed E-state index contributed by atoms with van der Waals surface area (Å²) >= 11 is 0. The van der Waals surface area contributed by atoms with E-state index >= 15 is 0 Å². The van der Waals surface area contributed by atoms with Gasteiger partial charge in [-0.1, -0.05) is 0 Å². The van der Waals surface area contributed by atoms with Crippen LogP contribution in [0.5, 0.6) is 0 Å². The highest BCUT2D eigenvalue weighted by atomic mass is 19.4. The molecular weight excluding hydrogens is 327 g/mol. The van der Waals surface area contributed by atoms with Crippen LogP contribution in [-0.4, -0.2) is 27.1 Å². The summed E-state index contributed by atoms with van der Waals surface area (Å²) in [6.45, 7) is 2.53. The highest BCUT2D eigenvalue weighted by molar-refractivity contribution is 5.94. The van der Waals surface area contributed by atoms with E-state index in [9.17, 15) is 38.2 Å². The number of nitrogens with zero attached hydrogens (tertiary/aromatic N) is 3. The number of nitro groups is 2. The summed E-state index contributed by atoms with van der Waals surface area (Å²) in [7, 11) is 0. The van der Waals surface area contributed by atoms with Crippen LogP contribution >= 0.6 is 0 Å². The molecule has 0 aliphatic heterocycles. The Kier molecular flexibility index (Phi) is 4.78. The number of hydrogen-bond donors (Lipinski definition) is 1. The fourth-order valence-corrected chi connectivity index (χ4v) is 1.87. The van der Waals surface area contributed by atoms with Crippen LogP contribution < -0.4 is 4.90 Å². The van der Waals surface area contributed by atoms with Gasteiger partial charge in [0.2, 0.25) is 5.69 Å². The van der Waals surface area contributed by atoms with Gasteiger partial charge in [-0.3, -0.25) is 25.1 Å². The summed E-state index contributed by atoms with van der Waals surface area (Å²) in [5, 5.41) is 31.1. The summed E-state index contributed by atoms with van der Waals surface area (Å²) in [6, 6.07) is -0.844. The average Bonchev–Trinajstić information content (AvgIpc) is 2.35. The average molecular weight is 337 g/mol. The molecule has 0 saturated carbocycles. The molecule has 1 aromatic carbocycles. The highest BCUT2D eigenvalue weighted by Crippen LogP contribution is 2.43. The summed E-state index contributed by atoms with van der Waals surface area (Å²) in [4.78, 5) is 31.0. The lowest BCUT2D eigenvalue weighted by molar-refractivity contribution is -0.393. The molecule has 1 aromatic rings. The van der Waals surface area contributed by atoms with Gasteiger partial charge in [0.25, 0.3) is 0 Å². The van der Waals surface area contributed by atoms with Crippen LogP contribution in [0, 0.1) is 20.2 Å². The summed E-state index contributed by atoms with van der Waals surface area (Å²) in [5.41, 5.74) is -5.27. The zero-order valence-electron chi connectivity index (χ0n) is 11.7. The van der Waals surface area contributed by atoms with E-state index in [4.69, 9.17) is 5.11 Å². The Morgan fingerprint density at radius 1 is 1.17 bits per heavy atom. The predicted octanol–water partition coefficient (Wildman–Crippen LogP) is 3.41. The third-order valence-electron chi connectivity index (χ3n) is 2.75. The molecule has 12 heteroatoms. The number of halogens is 3. The third kappa shape index (κ3) is 3.64. The number of alkyl halides is 3. The topological polar surface area (TPSA) is 127 Å². The van der Waals surface area contributed by atoms with Crippen molar-refractivity contribution >= 4 is 23.2 Å². The molecule has 0 aromatic heterocycles. The number of rotatable bonds is 4. The van der Waals surface area contributed by atoms with E-state index < -0.39 is 50.8 Å². The molecule has 9 nitrogen and oxygen atoms in total. The highest BCUT2D eigenvalue weighted by Gasteiger charge is 2.41. The minimum atomic E-state index is -5.07. The van der Waals surface area contributed by atoms with E-state index in [1.807, 2.05) is 0 Å². The molecule has 0 atom stereocenters. The van der Waals surface area contributed by atoms with Crippen LogP contribution in [0.3, 0.4) is 0 Å². The summed E-state index contributed by atoms with van der Waals surface area (Å²) < 4.78 is 38.2. The van der Waals surface area contributed by atoms with Crippen molar-refractivity contribution in [2.75, 3.05) is 4.90 Å². The monoisotopic (exact) mass is 337 g/mol. The number of hydrogen-bond acceptors (Lipinski definition) is 5. The van der Waals surface area contributed by atoms with Crippen molar-refractivity contribution in [1.82, 2.24) is 0 Å². The normalized spacial score (nSPS) is 11.4. The number of nitro benzene ring substituents is 2. The van der Waals surface area contributed by atoms with Gasteiger partial charge in [0.1, 0.15) is 0 Å². The number of amides is 1. The molecule has 0 bridgehead atoms. The molecule has 0 spiro atoms. The molecule has 0 unspecified atom stereocenters. The summed E-state index contributed by atoms with van der Waals surface area (Å²) in [5.74, 6) is 0. The molecule has 23 heavy (non-hydrogen) atoms. The molecule has 0 heterocycles. The van der Waals surface area contributed by atoms with Gasteiger partial charge in [0, 0.05) is 18.2 Å². The molecule has 1 amide bonds. The molecule has 0 aliphatic carbocycles. The first-order valence-electron chi connectivity index (χ1n) is 5.94. The predicted molar refractivity (Wildman–Crippen MR) is 70.4 cm³/mol. The molecule has 1 rings (SSSR count). The van der Waals surface area contributed by atoms with Crippen LogP contribution in [0.2, 0.25) is 0 Å². The van der Waals surface area contributed by atoms with Crippen LogP contribution in [0.25, 0.3) is 0 Å². The maximum absolute atomic E-state index is 12.7. The lowest BCUT2D eigenvalue weighted by Gasteiger charge is -2.23. The Morgan fingerprint density at radius 2 is 1.57 bits per heavy atom. The van der Waals surface area contributed by atoms with Gasteiger partial charge in [0.05, 0.1) is 15.4 Å². The SMILES string of the molecule is CC(C)N(C(=O)O)c1c([N+](=O)[O-])cc(C(F)(F)F)cc1[N+](=O)[O-]. The standard InChI is InChI=1S/C11H10F3N3O6/c1-5(2)15(10(18)19)9-7(16(20)21)3-6(11(12,13)14)4-8(9)17(22)23/h3-5H,1-2H3,(H,18,19). The Bertz CT molecular complexity index is 638. The van der Waals surface area contributed by atoms with Gasteiger partial charge in [0.15, 0.2) is 0 Å². The van der Waals surface area contributed by atoms with E-state index in [1.54, 1.807) is 0 Å². The second kappa shape index (κ2) is 6.06. The number of carbonyl (C=O) groups is 1. The van der Waals surface area contributed by atoms with Gasteiger partial charge in [-0.15, -0.1) is 0 Å². The number of anilines is 1. The molecular formula is C11H10F3N3O6.